The van der Waals surface area contributed by atoms with Gasteiger partial charge in [-0.15, -0.1) is 22.9 Å². The maximum atomic E-state index is 12.1. The third-order valence-electron chi connectivity index (χ3n) is 2.59. The van der Waals surface area contributed by atoms with Crippen LogP contribution in [0, 0.1) is 0 Å². The summed E-state index contributed by atoms with van der Waals surface area (Å²) in [5, 5.41) is 1.74. The molecule has 0 aliphatic carbocycles. The normalized spacial score (nSPS) is 13.3. The first-order valence-electron chi connectivity index (χ1n) is 5.77. The van der Waals surface area contributed by atoms with Crippen molar-refractivity contribution in [3.05, 3.63) is 53.4 Å². The van der Waals surface area contributed by atoms with Crippen LogP contribution in [-0.2, 0) is 16.4 Å². The molecule has 0 aliphatic heterocycles. The van der Waals surface area contributed by atoms with Gasteiger partial charge < -0.3 is 0 Å². The molecule has 0 aliphatic rings. The Balaban J connectivity index is 2.08. The molecular formula is C13H14ClNO2S2. The third-order valence-corrected chi connectivity index (χ3v) is 5.88. The Labute approximate surface area is 122 Å². The van der Waals surface area contributed by atoms with Gasteiger partial charge in [0.2, 0.25) is 10.0 Å². The number of sulfonamides is 1. The van der Waals surface area contributed by atoms with Crippen molar-refractivity contribution in [1.29, 1.82) is 0 Å². The van der Waals surface area contributed by atoms with Crippen LogP contribution in [0.15, 0.2) is 52.1 Å². The van der Waals surface area contributed by atoms with Gasteiger partial charge in [-0.3, -0.25) is 0 Å². The molecule has 0 unspecified atom stereocenters. The standard InChI is InChI=1S/C13H14ClNO2S2/c14-10-12(9-11-5-2-1-3-6-11)15-19(16,17)13-7-4-8-18-13/h1-8,12,15H,9-10H2/t12-/m0/s1. The van der Waals surface area contributed by atoms with Crippen LogP contribution < -0.4 is 4.72 Å². The molecule has 1 atom stereocenters. The number of hydrogen-bond donors (Lipinski definition) is 1. The second-order valence-corrected chi connectivity index (χ2v) is 7.29. The van der Waals surface area contributed by atoms with E-state index in [0.717, 1.165) is 5.56 Å². The number of thiophene rings is 1. The Morgan fingerprint density at radius 1 is 1.16 bits per heavy atom. The number of alkyl halides is 1. The molecule has 0 saturated heterocycles. The molecule has 1 heterocycles. The fraction of sp³-hybridized carbons (Fsp3) is 0.231. The van der Waals surface area contributed by atoms with Crippen LogP contribution in [0.4, 0.5) is 0 Å². The molecule has 3 nitrogen and oxygen atoms in total. The van der Waals surface area contributed by atoms with Crippen LogP contribution in [0.25, 0.3) is 0 Å². The lowest BCUT2D eigenvalue weighted by atomic mass is 10.1. The molecule has 0 radical (unpaired) electrons. The molecule has 0 bridgehead atoms. The van der Waals surface area contributed by atoms with Gasteiger partial charge in [0.05, 0.1) is 0 Å². The highest BCUT2D eigenvalue weighted by atomic mass is 35.5. The van der Waals surface area contributed by atoms with Crippen molar-refractivity contribution in [3.8, 4) is 0 Å². The first kappa shape index (κ1) is 14.5. The van der Waals surface area contributed by atoms with Crippen LogP contribution in [0.1, 0.15) is 5.56 Å². The maximum absolute atomic E-state index is 12.1. The van der Waals surface area contributed by atoms with Crippen molar-refractivity contribution >= 4 is 33.0 Å². The van der Waals surface area contributed by atoms with Gasteiger partial charge in [-0.25, -0.2) is 13.1 Å². The van der Waals surface area contributed by atoms with E-state index in [1.165, 1.54) is 11.3 Å². The zero-order valence-corrected chi connectivity index (χ0v) is 12.5. The molecule has 0 amide bonds. The van der Waals surface area contributed by atoms with Gasteiger partial charge in [0.15, 0.2) is 0 Å². The molecule has 2 aromatic rings. The zero-order chi connectivity index (χ0) is 13.7. The van der Waals surface area contributed by atoms with Crippen molar-refractivity contribution < 1.29 is 8.42 Å². The van der Waals surface area contributed by atoms with Gasteiger partial charge in [-0.05, 0) is 23.4 Å². The monoisotopic (exact) mass is 315 g/mol. The van der Waals surface area contributed by atoms with Gasteiger partial charge >= 0.3 is 0 Å². The topological polar surface area (TPSA) is 46.2 Å². The molecule has 1 N–H and O–H groups in total. The van der Waals surface area contributed by atoms with E-state index in [0.29, 0.717) is 10.6 Å². The van der Waals surface area contributed by atoms with E-state index in [1.54, 1.807) is 17.5 Å². The minimum atomic E-state index is -3.46. The van der Waals surface area contributed by atoms with E-state index in [2.05, 4.69) is 4.72 Å². The van der Waals surface area contributed by atoms with Crippen LogP contribution in [0.2, 0.25) is 0 Å². The van der Waals surface area contributed by atoms with Crippen LogP contribution in [0.3, 0.4) is 0 Å². The number of rotatable bonds is 6. The molecule has 1 aromatic heterocycles. The van der Waals surface area contributed by atoms with Gasteiger partial charge in [0.1, 0.15) is 4.21 Å². The molecular weight excluding hydrogens is 302 g/mol. The van der Waals surface area contributed by atoms with E-state index in [4.69, 9.17) is 11.6 Å². The second kappa shape index (κ2) is 6.52. The fourth-order valence-electron chi connectivity index (χ4n) is 1.72. The Morgan fingerprint density at radius 3 is 2.47 bits per heavy atom. The van der Waals surface area contributed by atoms with Crippen molar-refractivity contribution in [1.82, 2.24) is 4.72 Å². The predicted octanol–water partition coefficient (Wildman–Crippen LogP) is 2.88. The fourth-order valence-corrected chi connectivity index (χ4v) is 4.24. The SMILES string of the molecule is O=S(=O)(N[C@H](CCl)Cc1ccccc1)c1cccs1. The highest BCUT2D eigenvalue weighted by molar-refractivity contribution is 7.91. The summed E-state index contributed by atoms with van der Waals surface area (Å²) in [4.78, 5) is 0. The Kier molecular flexibility index (Phi) is 4.99. The second-order valence-electron chi connectivity index (χ2n) is 4.09. The largest absolute Gasteiger partial charge is 0.250 e. The number of halogens is 1. The van der Waals surface area contributed by atoms with E-state index < -0.39 is 10.0 Å². The third kappa shape index (κ3) is 4.04. The van der Waals surface area contributed by atoms with Gasteiger partial charge in [0.25, 0.3) is 0 Å². The lowest BCUT2D eigenvalue weighted by molar-refractivity contribution is 0.563. The summed E-state index contributed by atoms with van der Waals surface area (Å²) >= 11 is 7.06. The first-order valence-corrected chi connectivity index (χ1v) is 8.67. The zero-order valence-electron chi connectivity index (χ0n) is 10.1. The predicted molar refractivity (Wildman–Crippen MR) is 79.3 cm³/mol. The molecule has 0 spiro atoms. The average molecular weight is 316 g/mol. The average Bonchev–Trinajstić information content (AvgIpc) is 2.93. The molecule has 102 valence electrons. The van der Waals surface area contributed by atoms with Crippen molar-refractivity contribution in [2.45, 2.75) is 16.7 Å². The summed E-state index contributed by atoms with van der Waals surface area (Å²) in [6.07, 6.45) is 0.578. The van der Waals surface area contributed by atoms with E-state index in [1.807, 2.05) is 30.3 Å². The minimum absolute atomic E-state index is 0.236. The summed E-state index contributed by atoms with van der Waals surface area (Å²) in [7, 11) is -3.46. The lowest BCUT2D eigenvalue weighted by Gasteiger charge is -2.15. The molecule has 6 heteroatoms. The molecule has 19 heavy (non-hydrogen) atoms. The van der Waals surface area contributed by atoms with E-state index in [9.17, 15) is 8.42 Å². The van der Waals surface area contributed by atoms with Crippen molar-refractivity contribution in [2.24, 2.45) is 0 Å². The summed E-state index contributed by atoms with van der Waals surface area (Å²) < 4.78 is 27.1. The van der Waals surface area contributed by atoms with Crippen LogP contribution in [-0.4, -0.2) is 20.3 Å². The molecule has 0 fully saturated rings. The van der Waals surface area contributed by atoms with E-state index >= 15 is 0 Å². The molecule has 0 saturated carbocycles. The number of nitrogens with one attached hydrogen (secondary N) is 1. The highest BCUT2D eigenvalue weighted by Gasteiger charge is 2.20. The van der Waals surface area contributed by atoms with Crippen LogP contribution >= 0.6 is 22.9 Å². The van der Waals surface area contributed by atoms with E-state index in [-0.39, 0.29) is 11.9 Å². The Morgan fingerprint density at radius 2 is 1.89 bits per heavy atom. The number of benzene rings is 1. The van der Waals surface area contributed by atoms with Gasteiger partial charge in [0, 0.05) is 11.9 Å². The molecule has 2 rings (SSSR count). The maximum Gasteiger partial charge on any atom is 0.250 e. The quantitative estimate of drug-likeness (QED) is 0.833. The lowest BCUT2D eigenvalue weighted by Crippen LogP contribution is -2.37. The number of hydrogen-bond acceptors (Lipinski definition) is 3. The van der Waals surface area contributed by atoms with Crippen LogP contribution in [0.5, 0.6) is 0 Å². The Hall–Kier alpha value is -0.880. The summed E-state index contributed by atoms with van der Waals surface area (Å²) in [5.41, 5.74) is 1.06. The summed E-state index contributed by atoms with van der Waals surface area (Å²) in [5.74, 6) is 0.236. The molecule has 1 aromatic carbocycles. The summed E-state index contributed by atoms with van der Waals surface area (Å²) in [6, 6.07) is 12.7. The minimum Gasteiger partial charge on any atom is -0.206 e. The van der Waals surface area contributed by atoms with Gasteiger partial charge in [-0.1, -0.05) is 36.4 Å². The smallest absolute Gasteiger partial charge is 0.206 e. The Bertz CT molecular complexity index is 597. The van der Waals surface area contributed by atoms with Crippen molar-refractivity contribution in [2.75, 3.05) is 5.88 Å². The van der Waals surface area contributed by atoms with Crippen molar-refractivity contribution in [3.63, 3.8) is 0 Å². The van der Waals surface area contributed by atoms with Gasteiger partial charge in [-0.2, -0.15) is 0 Å². The first-order chi connectivity index (χ1) is 9.12. The highest BCUT2D eigenvalue weighted by Crippen LogP contribution is 2.16. The summed E-state index contributed by atoms with van der Waals surface area (Å²) in [6.45, 7) is 0.